The number of nitrogens with zero attached hydrogens (tertiary/aromatic N) is 1. The van der Waals surface area contributed by atoms with Crippen molar-refractivity contribution in [2.75, 3.05) is 5.32 Å². The van der Waals surface area contributed by atoms with Gasteiger partial charge in [-0.1, -0.05) is 17.3 Å². The quantitative estimate of drug-likeness (QED) is 0.901. The van der Waals surface area contributed by atoms with Crippen molar-refractivity contribution < 1.29 is 19.2 Å². The van der Waals surface area contributed by atoms with Crippen LogP contribution in [0.3, 0.4) is 0 Å². The first kappa shape index (κ1) is 13.4. The highest BCUT2D eigenvalue weighted by Gasteiger charge is 2.29. The summed E-state index contributed by atoms with van der Waals surface area (Å²) in [5.41, 5.74) is 1.67. The zero-order valence-electron chi connectivity index (χ0n) is 11.4. The summed E-state index contributed by atoms with van der Waals surface area (Å²) in [7, 11) is 0. The van der Waals surface area contributed by atoms with Crippen LogP contribution in [0.25, 0.3) is 11.3 Å². The lowest BCUT2D eigenvalue weighted by atomic mass is 10.1. The zero-order valence-corrected chi connectivity index (χ0v) is 11.4. The van der Waals surface area contributed by atoms with Crippen LogP contribution >= 0.6 is 0 Å². The molecule has 1 fully saturated rings. The molecule has 1 amide bonds. The largest absolute Gasteiger partial charge is 0.477 e. The van der Waals surface area contributed by atoms with Crippen molar-refractivity contribution in [3.8, 4) is 11.3 Å². The van der Waals surface area contributed by atoms with Crippen LogP contribution in [0.1, 0.15) is 29.0 Å². The number of aromatic carboxylic acids is 1. The van der Waals surface area contributed by atoms with E-state index in [2.05, 4.69) is 10.5 Å². The van der Waals surface area contributed by atoms with Crippen molar-refractivity contribution in [1.29, 1.82) is 0 Å². The number of rotatable bonds is 4. The van der Waals surface area contributed by atoms with E-state index in [1.807, 2.05) is 0 Å². The average Bonchev–Trinajstić information content (AvgIpc) is 3.22. The molecule has 0 bridgehead atoms. The van der Waals surface area contributed by atoms with Gasteiger partial charge in [0.25, 0.3) is 0 Å². The fourth-order valence-electron chi connectivity index (χ4n) is 2.12. The molecule has 1 aromatic carbocycles. The Morgan fingerprint density at radius 1 is 1.29 bits per heavy atom. The molecule has 0 saturated heterocycles. The van der Waals surface area contributed by atoms with Gasteiger partial charge in [0.05, 0.1) is 0 Å². The van der Waals surface area contributed by atoms with Crippen molar-refractivity contribution in [1.82, 2.24) is 5.16 Å². The predicted octanol–water partition coefficient (Wildman–Crippen LogP) is 2.70. The monoisotopic (exact) mass is 286 g/mol. The summed E-state index contributed by atoms with van der Waals surface area (Å²) < 4.78 is 4.95. The number of carbonyl (C=O) groups is 2. The number of carbonyl (C=O) groups excluding carboxylic acids is 1. The fraction of sp³-hybridized carbons (Fsp3) is 0.267. The van der Waals surface area contributed by atoms with Crippen LogP contribution in [0, 0.1) is 12.8 Å². The van der Waals surface area contributed by atoms with Gasteiger partial charge in [0, 0.05) is 17.2 Å². The molecule has 0 aliphatic heterocycles. The lowest BCUT2D eigenvalue weighted by Crippen LogP contribution is -2.13. The highest BCUT2D eigenvalue weighted by atomic mass is 16.5. The summed E-state index contributed by atoms with van der Waals surface area (Å²) in [6.07, 6.45) is 1.90. The van der Waals surface area contributed by atoms with E-state index in [1.54, 1.807) is 31.2 Å². The van der Waals surface area contributed by atoms with Gasteiger partial charge < -0.3 is 14.9 Å². The van der Waals surface area contributed by atoms with E-state index in [1.165, 1.54) is 0 Å². The first-order chi connectivity index (χ1) is 10.1. The number of hydrogen-bond acceptors (Lipinski definition) is 4. The average molecular weight is 286 g/mol. The van der Waals surface area contributed by atoms with Gasteiger partial charge >= 0.3 is 5.97 Å². The molecule has 1 aliphatic carbocycles. The number of nitrogens with one attached hydrogen (secondary N) is 1. The predicted molar refractivity (Wildman–Crippen MR) is 75.0 cm³/mol. The number of aryl methyl sites for hydroxylation is 1. The van der Waals surface area contributed by atoms with E-state index < -0.39 is 5.97 Å². The van der Waals surface area contributed by atoms with Crippen LogP contribution in [0.5, 0.6) is 0 Å². The second-order valence-corrected chi connectivity index (χ2v) is 5.11. The first-order valence-corrected chi connectivity index (χ1v) is 6.67. The Bertz CT molecular complexity index is 699. The molecule has 3 rings (SSSR count). The van der Waals surface area contributed by atoms with Gasteiger partial charge in [0.1, 0.15) is 17.0 Å². The van der Waals surface area contributed by atoms with Crippen LogP contribution in [-0.2, 0) is 4.79 Å². The number of hydrogen-bond donors (Lipinski definition) is 2. The maximum atomic E-state index is 11.7. The molecule has 6 heteroatoms. The van der Waals surface area contributed by atoms with Crippen LogP contribution in [0.4, 0.5) is 5.69 Å². The molecule has 0 unspecified atom stereocenters. The third kappa shape index (κ3) is 2.65. The SMILES string of the molecule is Cc1onc(-c2ccc(NC(=O)C3CC3)cc2)c1C(=O)O. The Hall–Kier alpha value is -2.63. The second-order valence-electron chi connectivity index (χ2n) is 5.11. The summed E-state index contributed by atoms with van der Waals surface area (Å²) in [6.45, 7) is 1.56. The highest BCUT2D eigenvalue weighted by Crippen LogP contribution is 2.31. The number of amides is 1. The standard InChI is InChI=1S/C15H14N2O4/c1-8-12(15(19)20)13(17-21-8)9-4-6-11(7-5-9)16-14(18)10-2-3-10/h4-7,10H,2-3H2,1H3,(H,16,18)(H,19,20). The molecular weight excluding hydrogens is 272 g/mol. The maximum absolute atomic E-state index is 11.7. The van der Waals surface area contributed by atoms with Crippen molar-refractivity contribution in [3.05, 3.63) is 35.6 Å². The maximum Gasteiger partial charge on any atom is 0.341 e. The first-order valence-electron chi connectivity index (χ1n) is 6.67. The van der Waals surface area contributed by atoms with E-state index in [9.17, 15) is 14.7 Å². The normalized spacial score (nSPS) is 14.0. The molecular formula is C15H14N2O4. The van der Waals surface area contributed by atoms with Crippen molar-refractivity contribution in [3.63, 3.8) is 0 Å². The summed E-state index contributed by atoms with van der Waals surface area (Å²) in [5.74, 6) is -0.633. The van der Waals surface area contributed by atoms with Gasteiger partial charge in [-0.05, 0) is 31.9 Å². The Balaban J connectivity index is 1.83. The van der Waals surface area contributed by atoms with E-state index in [-0.39, 0.29) is 23.1 Å². The van der Waals surface area contributed by atoms with Gasteiger partial charge in [0.15, 0.2) is 0 Å². The molecule has 2 aromatic rings. The van der Waals surface area contributed by atoms with Crippen molar-refractivity contribution in [2.24, 2.45) is 5.92 Å². The minimum Gasteiger partial charge on any atom is -0.477 e. The Labute approximate surface area is 120 Å². The van der Waals surface area contributed by atoms with Gasteiger partial charge in [0.2, 0.25) is 5.91 Å². The van der Waals surface area contributed by atoms with E-state index in [4.69, 9.17) is 4.52 Å². The molecule has 0 spiro atoms. The zero-order chi connectivity index (χ0) is 15.0. The van der Waals surface area contributed by atoms with Crippen LogP contribution in [0.15, 0.2) is 28.8 Å². The van der Waals surface area contributed by atoms with Crippen LogP contribution in [-0.4, -0.2) is 22.1 Å². The molecule has 1 saturated carbocycles. The molecule has 0 radical (unpaired) electrons. The van der Waals surface area contributed by atoms with E-state index >= 15 is 0 Å². The summed E-state index contributed by atoms with van der Waals surface area (Å²) >= 11 is 0. The number of aromatic nitrogens is 1. The molecule has 21 heavy (non-hydrogen) atoms. The molecule has 1 aliphatic rings. The van der Waals surface area contributed by atoms with Crippen LogP contribution < -0.4 is 5.32 Å². The summed E-state index contributed by atoms with van der Waals surface area (Å²) in [5, 5.41) is 15.8. The minimum absolute atomic E-state index is 0.0336. The summed E-state index contributed by atoms with van der Waals surface area (Å²) in [4.78, 5) is 22.9. The van der Waals surface area contributed by atoms with E-state index in [0.29, 0.717) is 16.9 Å². The third-order valence-electron chi connectivity index (χ3n) is 3.45. The Morgan fingerprint density at radius 3 is 2.52 bits per heavy atom. The van der Waals surface area contributed by atoms with Crippen molar-refractivity contribution in [2.45, 2.75) is 19.8 Å². The Morgan fingerprint density at radius 2 is 1.95 bits per heavy atom. The van der Waals surface area contributed by atoms with Crippen molar-refractivity contribution >= 4 is 17.6 Å². The number of carboxylic acid groups (broad SMARTS) is 1. The molecule has 108 valence electrons. The number of carboxylic acids is 1. The molecule has 0 atom stereocenters. The smallest absolute Gasteiger partial charge is 0.341 e. The molecule has 1 aromatic heterocycles. The lowest BCUT2D eigenvalue weighted by molar-refractivity contribution is -0.117. The van der Waals surface area contributed by atoms with E-state index in [0.717, 1.165) is 12.8 Å². The summed E-state index contributed by atoms with van der Waals surface area (Å²) in [6, 6.07) is 6.88. The lowest BCUT2D eigenvalue weighted by Gasteiger charge is -2.05. The van der Waals surface area contributed by atoms with Gasteiger partial charge in [-0.3, -0.25) is 4.79 Å². The minimum atomic E-state index is -1.07. The number of anilines is 1. The van der Waals surface area contributed by atoms with Crippen LogP contribution in [0.2, 0.25) is 0 Å². The van der Waals surface area contributed by atoms with Gasteiger partial charge in [-0.15, -0.1) is 0 Å². The Kier molecular flexibility index (Phi) is 3.21. The second kappa shape index (κ2) is 5.05. The third-order valence-corrected chi connectivity index (χ3v) is 3.45. The molecule has 6 nitrogen and oxygen atoms in total. The topological polar surface area (TPSA) is 92.4 Å². The number of benzene rings is 1. The fourth-order valence-corrected chi connectivity index (χ4v) is 2.12. The molecule has 1 heterocycles. The highest BCUT2D eigenvalue weighted by molar-refractivity contribution is 5.96. The molecule has 2 N–H and O–H groups in total. The van der Waals surface area contributed by atoms with Gasteiger partial charge in [-0.2, -0.15) is 0 Å². The van der Waals surface area contributed by atoms with Gasteiger partial charge in [-0.25, -0.2) is 4.79 Å².